The molecular weight excluding hydrogens is 713 g/mol. The molecule has 0 aliphatic carbocycles. The number of anilines is 5. The van der Waals surface area contributed by atoms with Crippen LogP contribution in [0.5, 0.6) is 0 Å². The summed E-state index contributed by atoms with van der Waals surface area (Å²) in [4.78, 5) is 5.13. The number of aromatic nitrogens is 1. The number of nitrogens with zero attached hydrogens (tertiary/aromatic N) is 3. The summed E-state index contributed by atoms with van der Waals surface area (Å²) >= 11 is 0. The second-order valence-electron chi connectivity index (χ2n) is 16.0. The summed E-state index contributed by atoms with van der Waals surface area (Å²) in [5.41, 5.74) is 19.3. The topological polar surface area (TPSA) is 11.4 Å². The van der Waals surface area contributed by atoms with Gasteiger partial charge in [0.1, 0.15) is 0 Å². The summed E-state index contributed by atoms with van der Waals surface area (Å²) in [5.74, 6) is 0. The van der Waals surface area contributed by atoms with E-state index in [2.05, 4.69) is 233 Å². The van der Waals surface area contributed by atoms with Crippen molar-refractivity contribution in [2.75, 3.05) is 9.71 Å². The first-order valence-electron chi connectivity index (χ1n) is 20.6. The first kappa shape index (κ1) is 32.5. The first-order chi connectivity index (χ1) is 29.3. The third-order valence-corrected chi connectivity index (χ3v) is 13.2. The fraction of sp³-hybridized carbons (Fsp3) is 0.0182. The molecule has 0 N–H and O–H groups in total. The lowest BCUT2D eigenvalue weighted by atomic mass is 9.42. The Morgan fingerprint density at radius 2 is 1.00 bits per heavy atom. The van der Waals surface area contributed by atoms with Gasteiger partial charge in [-0.15, -0.1) is 0 Å². The maximum absolute atomic E-state index is 2.71. The number of fused-ring (bicyclic) bond motifs is 9. The lowest BCUT2D eigenvalue weighted by Gasteiger charge is -2.52. The van der Waals surface area contributed by atoms with Gasteiger partial charge in [-0.05, 0) is 87.3 Å². The van der Waals surface area contributed by atoms with Crippen molar-refractivity contribution in [2.24, 2.45) is 0 Å². The number of benzene rings is 9. The lowest BCUT2D eigenvalue weighted by molar-refractivity contribution is 0.734. The Balaban J connectivity index is 1.22. The molecule has 4 heterocycles. The Morgan fingerprint density at radius 3 is 1.71 bits per heavy atom. The second-order valence-corrected chi connectivity index (χ2v) is 16.0. The highest BCUT2D eigenvalue weighted by Crippen LogP contribution is 2.60. The van der Waals surface area contributed by atoms with Gasteiger partial charge in [0.15, 0.2) is 0 Å². The highest BCUT2D eigenvalue weighted by molar-refractivity contribution is 6.93. The minimum Gasteiger partial charge on any atom is -0.376 e. The maximum Gasteiger partial charge on any atom is 0.333 e. The largest absolute Gasteiger partial charge is 0.376 e. The van der Waals surface area contributed by atoms with E-state index in [0.29, 0.717) is 0 Å². The van der Waals surface area contributed by atoms with Crippen LogP contribution in [0.15, 0.2) is 218 Å². The van der Waals surface area contributed by atoms with Gasteiger partial charge in [-0.25, -0.2) is 0 Å². The Hall–Kier alpha value is -7.56. The number of rotatable bonds is 5. The molecule has 13 rings (SSSR count). The zero-order valence-electron chi connectivity index (χ0n) is 32.2. The van der Waals surface area contributed by atoms with E-state index in [9.17, 15) is 0 Å². The lowest BCUT2D eigenvalue weighted by Crippen LogP contribution is -2.62. The molecule has 0 bridgehead atoms. The SMILES string of the molecule is c1ccc(N(c2ccccc2)c2cc3c4c(c2)-n2c5ccccc5c5cccc(c52)B4N2c4ccccc4C(c4ccccc4)(c4ccccc4)c4cccc-3c42)cc1. The summed E-state index contributed by atoms with van der Waals surface area (Å²) in [6.45, 7) is -0.0733. The zero-order valence-corrected chi connectivity index (χ0v) is 32.2. The summed E-state index contributed by atoms with van der Waals surface area (Å²) in [5, 5.41) is 2.56. The fourth-order valence-corrected chi connectivity index (χ4v) is 11.0. The van der Waals surface area contributed by atoms with Crippen molar-refractivity contribution in [2.45, 2.75) is 5.41 Å². The highest BCUT2D eigenvalue weighted by atomic mass is 15.2. The molecule has 3 aliphatic heterocycles. The number of para-hydroxylation sites is 6. The molecule has 3 aliphatic rings. The predicted molar refractivity (Wildman–Crippen MR) is 246 cm³/mol. The van der Waals surface area contributed by atoms with Crippen molar-refractivity contribution in [3.05, 3.63) is 241 Å². The minimum absolute atomic E-state index is 0.0733. The molecule has 0 radical (unpaired) electrons. The predicted octanol–water partition coefficient (Wildman–Crippen LogP) is 12.2. The molecule has 4 heteroatoms. The van der Waals surface area contributed by atoms with Crippen molar-refractivity contribution < 1.29 is 0 Å². The van der Waals surface area contributed by atoms with Crippen LogP contribution in [-0.4, -0.2) is 11.4 Å². The molecule has 1 aromatic heterocycles. The van der Waals surface area contributed by atoms with Crippen LogP contribution >= 0.6 is 0 Å². The van der Waals surface area contributed by atoms with Gasteiger partial charge in [-0.2, -0.15) is 0 Å². The van der Waals surface area contributed by atoms with E-state index in [-0.39, 0.29) is 6.85 Å². The average molecular weight is 750 g/mol. The summed E-state index contributed by atoms with van der Waals surface area (Å²) in [6.07, 6.45) is 0. The van der Waals surface area contributed by atoms with E-state index in [0.717, 1.165) is 17.1 Å². The second kappa shape index (κ2) is 12.2. The molecule has 0 saturated heterocycles. The van der Waals surface area contributed by atoms with Gasteiger partial charge >= 0.3 is 6.85 Å². The van der Waals surface area contributed by atoms with Crippen molar-refractivity contribution in [1.29, 1.82) is 0 Å². The Kier molecular flexibility index (Phi) is 6.74. The molecule has 274 valence electrons. The van der Waals surface area contributed by atoms with Crippen LogP contribution in [0, 0.1) is 0 Å². The van der Waals surface area contributed by atoms with E-state index < -0.39 is 5.41 Å². The van der Waals surface area contributed by atoms with Crippen LogP contribution in [0.4, 0.5) is 28.4 Å². The molecule has 9 aromatic carbocycles. The van der Waals surface area contributed by atoms with Crippen molar-refractivity contribution in [3.8, 4) is 16.8 Å². The van der Waals surface area contributed by atoms with Crippen molar-refractivity contribution in [1.82, 2.24) is 4.57 Å². The quantitative estimate of drug-likeness (QED) is 0.162. The molecule has 59 heavy (non-hydrogen) atoms. The van der Waals surface area contributed by atoms with Gasteiger partial charge in [0.25, 0.3) is 0 Å². The van der Waals surface area contributed by atoms with E-state index in [1.54, 1.807) is 0 Å². The molecule has 0 amide bonds. The number of hydrogen-bond donors (Lipinski definition) is 0. The first-order valence-corrected chi connectivity index (χ1v) is 20.6. The summed E-state index contributed by atoms with van der Waals surface area (Å²) < 4.78 is 2.57. The zero-order chi connectivity index (χ0) is 38.7. The van der Waals surface area contributed by atoms with Gasteiger partial charge in [0, 0.05) is 50.5 Å². The highest BCUT2D eigenvalue weighted by Gasteiger charge is 2.53. The van der Waals surface area contributed by atoms with Crippen LogP contribution in [0.1, 0.15) is 22.3 Å². The smallest absolute Gasteiger partial charge is 0.333 e. The van der Waals surface area contributed by atoms with Crippen LogP contribution in [0.25, 0.3) is 38.6 Å². The third kappa shape index (κ3) is 4.27. The Morgan fingerprint density at radius 1 is 0.424 bits per heavy atom. The van der Waals surface area contributed by atoms with Gasteiger partial charge in [0.2, 0.25) is 0 Å². The van der Waals surface area contributed by atoms with Crippen molar-refractivity contribution >= 4 is 68.0 Å². The minimum atomic E-state index is -0.561. The van der Waals surface area contributed by atoms with Gasteiger partial charge < -0.3 is 14.3 Å². The molecule has 0 saturated carbocycles. The molecule has 0 unspecified atom stereocenters. The summed E-state index contributed by atoms with van der Waals surface area (Å²) in [6, 6.07) is 81.1. The van der Waals surface area contributed by atoms with E-state index in [1.165, 1.54) is 83.2 Å². The van der Waals surface area contributed by atoms with Gasteiger partial charge in [-0.1, -0.05) is 170 Å². The van der Waals surface area contributed by atoms with Gasteiger partial charge in [-0.3, -0.25) is 0 Å². The average Bonchev–Trinajstić information content (AvgIpc) is 3.65. The molecule has 3 nitrogen and oxygen atoms in total. The number of hydrogen-bond acceptors (Lipinski definition) is 2. The Labute approximate surface area is 343 Å². The fourth-order valence-electron chi connectivity index (χ4n) is 11.0. The van der Waals surface area contributed by atoms with Crippen LogP contribution in [-0.2, 0) is 5.41 Å². The third-order valence-electron chi connectivity index (χ3n) is 13.2. The van der Waals surface area contributed by atoms with Crippen molar-refractivity contribution in [3.63, 3.8) is 0 Å². The van der Waals surface area contributed by atoms with Crippen LogP contribution in [0.2, 0.25) is 0 Å². The monoisotopic (exact) mass is 749 g/mol. The van der Waals surface area contributed by atoms with Crippen LogP contribution < -0.4 is 20.6 Å². The van der Waals surface area contributed by atoms with E-state index in [4.69, 9.17) is 0 Å². The molecule has 0 fully saturated rings. The molecular formula is C55H36BN3. The van der Waals surface area contributed by atoms with E-state index >= 15 is 0 Å². The molecule has 0 atom stereocenters. The normalized spacial score (nSPS) is 13.8. The molecule has 0 spiro atoms. The Bertz CT molecular complexity index is 3210. The van der Waals surface area contributed by atoms with E-state index in [1.807, 2.05) is 0 Å². The van der Waals surface area contributed by atoms with Crippen LogP contribution in [0.3, 0.4) is 0 Å². The molecule has 10 aromatic rings. The van der Waals surface area contributed by atoms with Gasteiger partial charge in [0.05, 0.1) is 16.4 Å². The maximum atomic E-state index is 2.71. The summed E-state index contributed by atoms with van der Waals surface area (Å²) in [7, 11) is 0. The standard InChI is InChI=1S/C55H36BN3/c1-5-19-37(20-6-1)55(38-21-7-2-8-22-38)46-30-14-16-34-50(46)59-53-44(28-17-31-47(53)55)45-35-41(57(39-23-9-3-10-24-39)40-25-11-4-12-26-40)36-51-52(45)56(59)48-32-18-29-43-42-27-13-15-33-49(42)58(51)54(43)48/h1-36H.